The van der Waals surface area contributed by atoms with Gasteiger partial charge >= 0.3 is 0 Å². The zero-order chi connectivity index (χ0) is 14.1. The third-order valence-electron chi connectivity index (χ3n) is 2.84. The van der Waals surface area contributed by atoms with Crippen molar-refractivity contribution in [2.75, 3.05) is 5.32 Å². The van der Waals surface area contributed by atoms with Gasteiger partial charge in [0.1, 0.15) is 11.6 Å². The van der Waals surface area contributed by atoms with Crippen LogP contribution in [0.2, 0.25) is 0 Å². The Morgan fingerprint density at radius 3 is 2.28 bits per heavy atom. The summed E-state index contributed by atoms with van der Waals surface area (Å²) in [5, 5.41) is 12.6. The maximum absolute atomic E-state index is 11.9. The van der Waals surface area contributed by atoms with E-state index in [0.717, 1.165) is 11.1 Å². The number of aromatic nitrogens is 1. The van der Waals surface area contributed by atoms with E-state index < -0.39 is 0 Å². The Kier molecular flexibility index (Phi) is 3.99. The Labute approximate surface area is 108 Å². The van der Waals surface area contributed by atoms with Crippen molar-refractivity contribution in [3.8, 4) is 5.75 Å². The van der Waals surface area contributed by atoms with Crippen LogP contribution >= 0.6 is 0 Å². The van der Waals surface area contributed by atoms with Crippen molar-refractivity contribution in [3.63, 3.8) is 0 Å². The highest BCUT2D eigenvalue weighted by molar-refractivity contribution is 5.91. The number of carbonyl (C=O) groups excluding carboxylic acids is 1. The zero-order valence-corrected chi connectivity index (χ0v) is 12.0. The minimum atomic E-state index is -0.0566. The molecule has 0 fully saturated rings. The Hall–Kier alpha value is -1.58. The lowest BCUT2D eigenvalue weighted by Gasteiger charge is -2.18. The molecule has 0 radical (unpaired) electrons. The number of rotatable bonds is 2. The van der Waals surface area contributed by atoms with E-state index in [1.165, 1.54) is 0 Å². The smallest absolute Gasteiger partial charge is 0.226 e. The highest BCUT2D eigenvalue weighted by Crippen LogP contribution is 2.28. The molecule has 0 saturated carbocycles. The summed E-state index contributed by atoms with van der Waals surface area (Å²) in [6, 6.07) is 0. The molecule has 1 amide bonds. The molecule has 0 aliphatic carbocycles. The lowest BCUT2D eigenvalue weighted by atomic mass is 9.92. The summed E-state index contributed by atoms with van der Waals surface area (Å²) in [6.45, 7) is 11.4. The molecule has 0 aliphatic heterocycles. The molecular formula is C14H22N2O2. The van der Waals surface area contributed by atoms with Crippen LogP contribution in [0.15, 0.2) is 0 Å². The van der Waals surface area contributed by atoms with Crippen LogP contribution in [0.4, 0.5) is 5.82 Å². The fourth-order valence-electron chi connectivity index (χ4n) is 1.71. The molecule has 100 valence electrons. The average molecular weight is 250 g/mol. The number of amides is 1. The Bertz CT molecular complexity index is 474. The number of nitrogens with zero attached hydrogens (tertiary/aromatic N) is 1. The third kappa shape index (κ3) is 3.45. The molecular weight excluding hydrogens is 228 g/mol. The van der Waals surface area contributed by atoms with E-state index in [-0.39, 0.29) is 17.1 Å². The quantitative estimate of drug-likeness (QED) is 0.847. The molecule has 0 aliphatic rings. The van der Waals surface area contributed by atoms with Gasteiger partial charge < -0.3 is 10.4 Å². The first kappa shape index (κ1) is 14.5. The molecule has 1 heterocycles. The minimum absolute atomic E-state index is 0.0532. The van der Waals surface area contributed by atoms with Gasteiger partial charge in [-0.25, -0.2) is 4.98 Å². The Morgan fingerprint density at radius 2 is 1.78 bits per heavy atom. The Balaban J connectivity index is 2.96. The number of nitrogens with one attached hydrogen (secondary N) is 1. The molecule has 1 aromatic rings. The molecule has 0 saturated heterocycles. The van der Waals surface area contributed by atoms with Crippen LogP contribution < -0.4 is 5.32 Å². The third-order valence-corrected chi connectivity index (χ3v) is 2.84. The van der Waals surface area contributed by atoms with Crippen LogP contribution in [0.25, 0.3) is 0 Å². The molecule has 18 heavy (non-hydrogen) atoms. The fourth-order valence-corrected chi connectivity index (χ4v) is 1.71. The van der Waals surface area contributed by atoms with Gasteiger partial charge in [0.25, 0.3) is 0 Å². The van der Waals surface area contributed by atoms with Crippen LogP contribution in [0.1, 0.15) is 44.0 Å². The van der Waals surface area contributed by atoms with Gasteiger partial charge in [0.2, 0.25) is 5.91 Å². The maximum Gasteiger partial charge on any atom is 0.226 e. The number of aromatic hydroxyl groups is 1. The molecule has 0 bridgehead atoms. The first-order chi connectivity index (χ1) is 8.11. The maximum atomic E-state index is 11.9. The minimum Gasteiger partial charge on any atom is -0.506 e. The van der Waals surface area contributed by atoms with Crippen LogP contribution in [0.3, 0.4) is 0 Å². The SMILES string of the molecule is Cc1nc(NC(=O)CC(C)(C)C)c(C)c(C)c1O. The molecule has 4 heteroatoms. The summed E-state index contributed by atoms with van der Waals surface area (Å²) in [4.78, 5) is 16.1. The number of hydrogen-bond acceptors (Lipinski definition) is 3. The van der Waals surface area contributed by atoms with E-state index in [1.807, 2.05) is 34.6 Å². The second-order valence-corrected chi connectivity index (χ2v) is 5.93. The summed E-state index contributed by atoms with van der Waals surface area (Å²) in [5.74, 6) is 0.681. The topological polar surface area (TPSA) is 62.2 Å². The molecule has 4 nitrogen and oxygen atoms in total. The standard InChI is InChI=1S/C14H22N2O2/c1-8-9(2)13(15-10(3)12(8)18)16-11(17)7-14(4,5)6/h18H,7H2,1-6H3,(H,15,16,17). The first-order valence-corrected chi connectivity index (χ1v) is 6.08. The van der Waals surface area contributed by atoms with Crippen LogP contribution in [-0.2, 0) is 4.79 Å². The largest absolute Gasteiger partial charge is 0.506 e. The molecule has 0 aromatic carbocycles. The highest BCUT2D eigenvalue weighted by Gasteiger charge is 2.18. The number of carbonyl (C=O) groups is 1. The molecule has 1 aromatic heterocycles. The number of anilines is 1. The molecule has 1 rings (SSSR count). The fraction of sp³-hybridized carbons (Fsp3) is 0.571. The second-order valence-electron chi connectivity index (χ2n) is 5.93. The van der Waals surface area contributed by atoms with E-state index in [2.05, 4.69) is 10.3 Å². The van der Waals surface area contributed by atoms with Crippen LogP contribution in [-0.4, -0.2) is 16.0 Å². The zero-order valence-electron chi connectivity index (χ0n) is 12.0. The second kappa shape index (κ2) is 4.96. The normalized spacial score (nSPS) is 11.4. The summed E-state index contributed by atoms with van der Waals surface area (Å²) in [7, 11) is 0. The van der Waals surface area contributed by atoms with Gasteiger partial charge in [-0.05, 0) is 37.3 Å². The van der Waals surface area contributed by atoms with E-state index in [4.69, 9.17) is 0 Å². The average Bonchev–Trinajstić information content (AvgIpc) is 2.20. The molecule has 0 unspecified atom stereocenters. The molecule has 0 atom stereocenters. The summed E-state index contributed by atoms with van der Waals surface area (Å²) >= 11 is 0. The van der Waals surface area contributed by atoms with E-state index in [0.29, 0.717) is 17.9 Å². The predicted molar refractivity (Wildman–Crippen MR) is 72.8 cm³/mol. The number of hydrogen-bond donors (Lipinski definition) is 2. The van der Waals surface area contributed by atoms with E-state index in [1.54, 1.807) is 6.92 Å². The van der Waals surface area contributed by atoms with Crippen LogP contribution in [0, 0.1) is 26.2 Å². The van der Waals surface area contributed by atoms with Gasteiger partial charge in [-0.1, -0.05) is 20.8 Å². The summed E-state index contributed by atoms with van der Waals surface area (Å²) in [6.07, 6.45) is 0.438. The monoisotopic (exact) mass is 250 g/mol. The first-order valence-electron chi connectivity index (χ1n) is 6.08. The lowest BCUT2D eigenvalue weighted by molar-refractivity contribution is -0.117. The van der Waals surface area contributed by atoms with Crippen molar-refractivity contribution >= 4 is 11.7 Å². The van der Waals surface area contributed by atoms with Gasteiger partial charge in [-0.3, -0.25) is 4.79 Å². The van der Waals surface area contributed by atoms with E-state index in [9.17, 15) is 9.90 Å². The number of pyridine rings is 1. The van der Waals surface area contributed by atoms with Crippen molar-refractivity contribution < 1.29 is 9.90 Å². The van der Waals surface area contributed by atoms with Crippen molar-refractivity contribution in [2.24, 2.45) is 5.41 Å². The predicted octanol–water partition coefficient (Wildman–Crippen LogP) is 3.09. The van der Waals surface area contributed by atoms with Crippen LogP contribution in [0.5, 0.6) is 5.75 Å². The molecule has 2 N–H and O–H groups in total. The summed E-state index contributed by atoms with van der Waals surface area (Å²) in [5.41, 5.74) is 2.04. The van der Waals surface area contributed by atoms with Crippen molar-refractivity contribution in [1.82, 2.24) is 4.98 Å². The van der Waals surface area contributed by atoms with Gasteiger partial charge in [-0.2, -0.15) is 0 Å². The number of aryl methyl sites for hydroxylation is 1. The van der Waals surface area contributed by atoms with Gasteiger partial charge in [0.05, 0.1) is 5.69 Å². The highest BCUT2D eigenvalue weighted by atomic mass is 16.3. The van der Waals surface area contributed by atoms with E-state index >= 15 is 0 Å². The van der Waals surface area contributed by atoms with Gasteiger partial charge in [-0.15, -0.1) is 0 Å². The van der Waals surface area contributed by atoms with Gasteiger partial charge in [0, 0.05) is 6.42 Å². The molecule has 0 spiro atoms. The summed E-state index contributed by atoms with van der Waals surface area (Å²) < 4.78 is 0. The van der Waals surface area contributed by atoms with Crippen molar-refractivity contribution in [2.45, 2.75) is 48.0 Å². The van der Waals surface area contributed by atoms with Gasteiger partial charge in [0.15, 0.2) is 0 Å². The lowest BCUT2D eigenvalue weighted by Crippen LogP contribution is -2.21. The van der Waals surface area contributed by atoms with Crippen molar-refractivity contribution in [1.29, 1.82) is 0 Å². The Morgan fingerprint density at radius 1 is 1.22 bits per heavy atom. The van der Waals surface area contributed by atoms with Crippen molar-refractivity contribution in [3.05, 3.63) is 16.8 Å².